The number of benzene rings is 1. The molecule has 0 saturated carbocycles. The maximum atomic E-state index is 12.3. The van der Waals surface area contributed by atoms with E-state index in [0.29, 0.717) is 10.5 Å². The van der Waals surface area contributed by atoms with Crippen LogP contribution in [0.25, 0.3) is 0 Å². The summed E-state index contributed by atoms with van der Waals surface area (Å²) in [6.07, 6.45) is -0.866. The first-order chi connectivity index (χ1) is 11.2. The largest absolute Gasteiger partial charge is 0.449 e. The molecule has 1 atom stereocenters. The van der Waals surface area contributed by atoms with Crippen LogP contribution in [0.1, 0.15) is 31.1 Å². The number of nitrogens with zero attached hydrogens (tertiary/aromatic N) is 1. The number of likely N-dealkylation sites (N-methyl/N-ethyl adjacent to an activating group) is 1. The average Bonchev–Trinajstić information content (AvgIpc) is 2.51. The van der Waals surface area contributed by atoms with Crippen LogP contribution in [-0.4, -0.2) is 54.7 Å². The second-order valence-electron chi connectivity index (χ2n) is 5.79. The maximum Gasteiger partial charge on any atom is 0.340 e. The zero-order valence-electron chi connectivity index (χ0n) is 14.7. The molecule has 1 aromatic rings. The van der Waals surface area contributed by atoms with Gasteiger partial charge >= 0.3 is 5.97 Å². The van der Waals surface area contributed by atoms with E-state index in [0.717, 1.165) is 0 Å². The van der Waals surface area contributed by atoms with E-state index >= 15 is 0 Å². The summed E-state index contributed by atoms with van der Waals surface area (Å²) in [7, 11) is 3.20. The van der Waals surface area contributed by atoms with Gasteiger partial charge in [0, 0.05) is 25.0 Å². The molecule has 24 heavy (non-hydrogen) atoms. The summed E-state index contributed by atoms with van der Waals surface area (Å²) in [5, 5.41) is 2.80. The monoisotopic (exact) mass is 352 g/mol. The number of ether oxygens (including phenoxy) is 1. The van der Waals surface area contributed by atoms with Crippen LogP contribution in [0.5, 0.6) is 0 Å². The Bertz CT molecular complexity index is 602. The van der Waals surface area contributed by atoms with Gasteiger partial charge in [-0.15, -0.1) is 11.8 Å². The van der Waals surface area contributed by atoms with Gasteiger partial charge in [-0.05, 0) is 32.9 Å². The first-order valence-corrected chi connectivity index (χ1v) is 8.64. The molecule has 1 rings (SSSR count). The zero-order chi connectivity index (χ0) is 18.3. The van der Waals surface area contributed by atoms with Crippen molar-refractivity contribution < 1.29 is 19.1 Å². The normalized spacial score (nSPS) is 11.8. The predicted molar refractivity (Wildman–Crippen MR) is 94.0 cm³/mol. The molecule has 1 unspecified atom stereocenters. The lowest BCUT2D eigenvalue weighted by atomic mass is 10.2. The Kier molecular flexibility index (Phi) is 7.78. The number of amides is 2. The van der Waals surface area contributed by atoms with Gasteiger partial charge in [-0.3, -0.25) is 9.59 Å². The van der Waals surface area contributed by atoms with Gasteiger partial charge in [-0.2, -0.15) is 0 Å². The van der Waals surface area contributed by atoms with Gasteiger partial charge in [0.05, 0.1) is 11.3 Å². The molecular weight excluding hydrogens is 328 g/mol. The van der Waals surface area contributed by atoms with Gasteiger partial charge in [0.1, 0.15) is 0 Å². The van der Waals surface area contributed by atoms with Crippen molar-refractivity contribution in [3.05, 3.63) is 29.8 Å². The highest BCUT2D eigenvalue weighted by molar-refractivity contribution is 8.00. The molecule has 0 radical (unpaired) electrons. The fraction of sp³-hybridized carbons (Fsp3) is 0.471. The van der Waals surface area contributed by atoms with Crippen molar-refractivity contribution in [2.75, 3.05) is 19.8 Å². The minimum absolute atomic E-state index is 0.0659. The van der Waals surface area contributed by atoms with Crippen LogP contribution in [0.2, 0.25) is 0 Å². The van der Waals surface area contributed by atoms with Crippen LogP contribution in [0.3, 0.4) is 0 Å². The molecule has 0 fully saturated rings. The summed E-state index contributed by atoms with van der Waals surface area (Å²) >= 11 is 1.26. The van der Waals surface area contributed by atoms with E-state index in [1.165, 1.54) is 23.6 Å². The molecule has 0 bridgehead atoms. The number of carbonyl (C=O) groups is 3. The van der Waals surface area contributed by atoms with Crippen molar-refractivity contribution in [1.29, 1.82) is 0 Å². The topological polar surface area (TPSA) is 75.7 Å². The van der Waals surface area contributed by atoms with Crippen molar-refractivity contribution in [1.82, 2.24) is 10.2 Å². The Balaban J connectivity index is 2.76. The fourth-order valence-corrected chi connectivity index (χ4v) is 2.76. The third-order valence-electron chi connectivity index (χ3n) is 2.99. The van der Waals surface area contributed by atoms with E-state index in [1.54, 1.807) is 38.4 Å². The van der Waals surface area contributed by atoms with Crippen LogP contribution in [0.15, 0.2) is 29.2 Å². The van der Waals surface area contributed by atoms with Crippen LogP contribution in [0, 0.1) is 0 Å². The van der Waals surface area contributed by atoms with E-state index < -0.39 is 12.1 Å². The molecule has 0 aromatic heterocycles. The van der Waals surface area contributed by atoms with Gasteiger partial charge in [0.15, 0.2) is 6.10 Å². The standard InChI is InChI=1S/C17H24N2O4S/c1-11(2)18-15(20)10-24-14-9-7-6-8-13(14)17(22)23-12(3)16(21)19(4)5/h6-9,11-12H,10H2,1-5H3,(H,18,20). The third kappa shape index (κ3) is 6.23. The van der Waals surface area contributed by atoms with Crippen LogP contribution in [-0.2, 0) is 14.3 Å². The summed E-state index contributed by atoms with van der Waals surface area (Å²) in [6.45, 7) is 5.31. The van der Waals surface area contributed by atoms with Gasteiger partial charge < -0.3 is 15.0 Å². The Morgan fingerprint density at radius 2 is 1.79 bits per heavy atom. The Hall–Kier alpha value is -2.02. The predicted octanol–water partition coefficient (Wildman–Crippen LogP) is 1.94. The number of hydrogen-bond acceptors (Lipinski definition) is 5. The first kappa shape index (κ1) is 20.0. The molecule has 0 heterocycles. The molecule has 1 aromatic carbocycles. The summed E-state index contributed by atoms with van der Waals surface area (Å²) in [6, 6.07) is 6.94. The van der Waals surface area contributed by atoms with Gasteiger partial charge in [-0.25, -0.2) is 4.79 Å². The summed E-state index contributed by atoms with van der Waals surface area (Å²) in [5.41, 5.74) is 0.346. The van der Waals surface area contributed by atoms with Crippen molar-refractivity contribution in [3.63, 3.8) is 0 Å². The third-order valence-corrected chi connectivity index (χ3v) is 4.06. The molecule has 132 valence electrons. The van der Waals surface area contributed by atoms with E-state index in [-0.39, 0.29) is 23.6 Å². The SMILES string of the molecule is CC(C)NC(=O)CSc1ccccc1C(=O)OC(C)C(=O)N(C)C. The lowest BCUT2D eigenvalue weighted by Crippen LogP contribution is -2.35. The van der Waals surface area contributed by atoms with E-state index in [2.05, 4.69) is 5.32 Å². The molecule has 0 aliphatic rings. The van der Waals surface area contributed by atoms with Gasteiger partial charge in [0.25, 0.3) is 5.91 Å². The highest BCUT2D eigenvalue weighted by Gasteiger charge is 2.22. The number of carbonyl (C=O) groups excluding carboxylic acids is 3. The molecular formula is C17H24N2O4S. The molecule has 1 N–H and O–H groups in total. The molecule has 0 aliphatic carbocycles. The highest BCUT2D eigenvalue weighted by Crippen LogP contribution is 2.23. The number of hydrogen-bond donors (Lipinski definition) is 1. The summed E-state index contributed by atoms with van der Waals surface area (Å²) in [4.78, 5) is 37.9. The molecule has 0 spiro atoms. The van der Waals surface area contributed by atoms with Crippen molar-refractivity contribution >= 4 is 29.5 Å². The summed E-state index contributed by atoms with van der Waals surface area (Å²) in [5.74, 6) is -0.765. The number of esters is 1. The van der Waals surface area contributed by atoms with E-state index in [4.69, 9.17) is 4.74 Å². The number of rotatable bonds is 7. The Labute approximate surface area is 146 Å². The molecule has 0 aliphatic heterocycles. The second kappa shape index (κ2) is 9.32. The zero-order valence-corrected chi connectivity index (χ0v) is 15.5. The first-order valence-electron chi connectivity index (χ1n) is 7.65. The Morgan fingerprint density at radius 3 is 2.38 bits per heavy atom. The van der Waals surface area contributed by atoms with Crippen LogP contribution in [0.4, 0.5) is 0 Å². The molecule has 6 nitrogen and oxygen atoms in total. The van der Waals surface area contributed by atoms with Crippen molar-refractivity contribution in [2.45, 2.75) is 37.8 Å². The van der Waals surface area contributed by atoms with Gasteiger partial charge in [-0.1, -0.05) is 12.1 Å². The van der Waals surface area contributed by atoms with Gasteiger partial charge in [0.2, 0.25) is 5.91 Å². The van der Waals surface area contributed by atoms with Crippen LogP contribution < -0.4 is 5.32 Å². The van der Waals surface area contributed by atoms with Crippen LogP contribution >= 0.6 is 11.8 Å². The quantitative estimate of drug-likeness (QED) is 0.599. The average molecular weight is 352 g/mol. The highest BCUT2D eigenvalue weighted by atomic mass is 32.2. The number of nitrogens with one attached hydrogen (secondary N) is 1. The van der Waals surface area contributed by atoms with E-state index in [1.807, 2.05) is 13.8 Å². The fourth-order valence-electron chi connectivity index (χ4n) is 1.91. The second-order valence-corrected chi connectivity index (χ2v) is 6.80. The minimum atomic E-state index is -0.866. The molecule has 0 saturated heterocycles. The van der Waals surface area contributed by atoms with Crippen molar-refractivity contribution in [3.8, 4) is 0 Å². The summed E-state index contributed by atoms with van der Waals surface area (Å²) < 4.78 is 5.23. The number of thioether (sulfide) groups is 1. The van der Waals surface area contributed by atoms with Crippen molar-refractivity contribution in [2.24, 2.45) is 0 Å². The van der Waals surface area contributed by atoms with E-state index in [9.17, 15) is 14.4 Å². The lowest BCUT2D eigenvalue weighted by molar-refractivity contribution is -0.137. The maximum absolute atomic E-state index is 12.3. The molecule has 2 amide bonds. The Morgan fingerprint density at radius 1 is 1.17 bits per heavy atom. The molecule has 7 heteroatoms. The lowest BCUT2D eigenvalue weighted by Gasteiger charge is -2.18. The smallest absolute Gasteiger partial charge is 0.340 e. The minimum Gasteiger partial charge on any atom is -0.449 e.